The highest BCUT2D eigenvalue weighted by molar-refractivity contribution is 9.10. The van der Waals surface area contributed by atoms with Crippen LogP contribution in [0.4, 0.5) is 10.2 Å². The summed E-state index contributed by atoms with van der Waals surface area (Å²) in [6, 6.07) is 15.4. The zero-order chi connectivity index (χ0) is 18.1. The van der Waals surface area contributed by atoms with Crippen LogP contribution in [0, 0.1) is 5.82 Å². The van der Waals surface area contributed by atoms with Crippen molar-refractivity contribution in [2.75, 3.05) is 5.32 Å². The van der Waals surface area contributed by atoms with E-state index in [1.165, 1.54) is 18.2 Å². The molecule has 1 N–H and O–H groups in total. The van der Waals surface area contributed by atoms with Gasteiger partial charge >= 0.3 is 0 Å². The minimum absolute atomic E-state index is 0.337. The summed E-state index contributed by atoms with van der Waals surface area (Å²) in [5.41, 5.74) is 2.17. The highest BCUT2D eigenvalue weighted by atomic mass is 79.9. The summed E-state index contributed by atoms with van der Waals surface area (Å²) < 4.78 is 14.6. The number of fused-ring (bicyclic) bond motifs is 1. The van der Waals surface area contributed by atoms with Crippen LogP contribution in [0.1, 0.15) is 10.4 Å². The molecule has 2 aromatic heterocycles. The van der Waals surface area contributed by atoms with Gasteiger partial charge in [0.05, 0.1) is 15.8 Å². The van der Waals surface area contributed by atoms with E-state index in [0.717, 1.165) is 20.8 Å². The lowest BCUT2D eigenvalue weighted by atomic mass is 10.2. The SMILES string of the molecule is O=C(Nc1ccc(-c2nc3ccccc3s2)cn1)c1ccc(F)cc1Br. The highest BCUT2D eigenvalue weighted by Crippen LogP contribution is 2.30. The summed E-state index contributed by atoms with van der Waals surface area (Å²) in [7, 11) is 0. The molecule has 2 heterocycles. The van der Waals surface area contributed by atoms with Crippen LogP contribution in [0.3, 0.4) is 0 Å². The fraction of sp³-hybridized carbons (Fsp3) is 0. The fourth-order valence-corrected chi connectivity index (χ4v) is 3.93. The second-order valence-electron chi connectivity index (χ2n) is 5.50. The number of para-hydroxylation sites is 1. The average Bonchev–Trinajstić information content (AvgIpc) is 3.06. The van der Waals surface area contributed by atoms with E-state index in [4.69, 9.17) is 0 Å². The molecule has 4 nitrogen and oxygen atoms in total. The molecule has 0 fully saturated rings. The molecule has 0 saturated heterocycles. The molecular weight excluding hydrogens is 417 g/mol. The van der Waals surface area contributed by atoms with E-state index in [1.54, 1.807) is 23.6 Å². The zero-order valence-corrected chi connectivity index (χ0v) is 15.6. The standard InChI is InChI=1S/C19H11BrFN3OS/c20-14-9-12(21)6-7-13(14)18(25)24-17-8-5-11(10-22-17)19-23-15-3-1-2-4-16(15)26-19/h1-10H,(H,22,24,25). The molecule has 0 aliphatic carbocycles. The van der Waals surface area contributed by atoms with Gasteiger partial charge in [0.2, 0.25) is 0 Å². The van der Waals surface area contributed by atoms with Gasteiger partial charge in [-0.25, -0.2) is 14.4 Å². The van der Waals surface area contributed by atoms with Crippen LogP contribution in [-0.4, -0.2) is 15.9 Å². The van der Waals surface area contributed by atoms with Crippen molar-refractivity contribution in [2.45, 2.75) is 0 Å². The number of benzene rings is 2. The number of amides is 1. The Morgan fingerprint density at radius 2 is 1.96 bits per heavy atom. The number of carbonyl (C=O) groups excluding carboxylic acids is 1. The molecule has 26 heavy (non-hydrogen) atoms. The summed E-state index contributed by atoms with van der Waals surface area (Å²) in [5.74, 6) is -0.361. The fourth-order valence-electron chi connectivity index (χ4n) is 2.45. The zero-order valence-electron chi connectivity index (χ0n) is 13.2. The monoisotopic (exact) mass is 427 g/mol. The largest absolute Gasteiger partial charge is 0.307 e. The maximum atomic E-state index is 13.1. The van der Waals surface area contributed by atoms with Crippen LogP contribution in [0.5, 0.6) is 0 Å². The van der Waals surface area contributed by atoms with Gasteiger partial charge in [-0.15, -0.1) is 11.3 Å². The molecule has 0 aliphatic heterocycles. The summed E-state index contributed by atoms with van der Waals surface area (Å²) in [5, 5.41) is 3.58. The first-order valence-electron chi connectivity index (χ1n) is 7.68. The lowest BCUT2D eigenvalue weighted by Gasteiger charge is -2.06. The number of hydrogen-bond acceptors (Lipinski definition) is 4. The van der Waals surface area contributed by atoms with Crippen molar-refractivity contribution in [3.05, 3.63) is 76.6 Å². The Labute approximate surface area is 160 Å². The molecule has 0 bridgehead atoms. The maximum Gasteiger partial charge on any atom is 0.257 e. The van der Waals surface area contributed by atoms with Gasteiger partial charge in [0.25, 0.3) is 5.91 Å². The molecule has 0 unspecified atom stereocenters. The van der Waals surface area contributed by atoms with Gasteiger partial charge in [-0.05, 0) is 58.4 Å². The summed E-state index contributed by atoms with van der Waals surface area (Å²) in [6.45, 7) is 0. The Morgan fingerprint density at radius 1 is 1.12 bits per heavy atom. The smallest absolute Gasteiger partial charge is 0.257 e. The number of halogens is 2. The number of aromatic nitrogens is 2. The van der Waals surface area contributed by atoms with E-state index in [0.29, 0.717) is 15.9 Å². The molecule has 0 saturated carbocycles. The third kappa shape index (κ3) is 3.36. The van der Waals surface area contributed by atoms with Gasteiger partial charge in [-0.3, -0.25) is 4.79 Å². The van der Waals surface area contributed by atoms with Crippen molar-refractivity contribution in [2.24, 2.45) is 0 Å². The summed E-state index contributed by atoms with van der Waals surface area (Å²) >= 11 is 4.78. The number of anilines is 1. The molecule has 4 aromatic rings. The first-order chi connectivity index (χ1) is 12.6. The van der Waals surface area contributed by atoms with Crippen LogP contribution in [0.15, 0.2) is 65.3 Å². The van der Waals surface area contributed by atoms with Gasteiger partial charge in [-0.1, -0.05) is 12.1 Å². The number of pyridine rings is 1. The molecule has 4 rings (SSSR count). The Kier molecular flexibility index (Phi) is 4.48. The van der Waals surface area contributed by atoms with Crippen molar-refractivity contribution in [3.63, 3.8) is 0 Å². The quantitative estimate of drug-likeness (QED) is 0.468. The Hall–Kier alpha value is -2.64. The normalized spacial score (nSPS) is 10.8. The van der Waals surface area contributed by atoms with Crippen molar-refractivity contribution < 1.29 is 9.18 Å². The molecule has 7 heteroatoms. The van der Waals surface area contributed by atoms with Crippen molar-refractivity contribution in [1.82, 2.24) is 9.97 Å². The number of nitrogens with zero attached hydrogens (tertiary/aromatic N) is 2. The number of carbonyl (C=O) groups is 1. The minimum atomic E-state index is -0.410. The Balaban J connectivity index is 1.55. The number of nitrogens with one attached hydrogen (secondary N) is 1. The van der Waals surface area contributed by atoms with E-state index in [9.17, 15) is 9.18 Å². The summed E-state index contributed by atoms with van der Waals surface area (Å²) in [4.78, 5) is 21.2. The Morgan fingerprint density at radius 3 is 2.69 bits per heavy atom. The molecule has 128 valence electrons. The molecule has 0 radical (unpaired) electrons. The lowest BCUT2D eigenvalue weighted by molar-refractivity contribution is 0.102. The van der Waals surface area contributed by atoms with Crippen LogP contribution in [0.25, 0.3) is 20.8 Å². The lowest BCUT2D eigenvalue weighted by Crippen LogP contribution is -2.13. The third-order valence-corrected chi connectivity index (χ3v) is 5.46. The second-order valence-corrected chi connectivity index (χ2v) is 7.38. The topological polar surface area (TPSA) is 54.9 Å². The van der Waals surface area contributed by atoms with E-state index in [2.05, 4.69) is 31.2 Å². The van der Waals surface area contributed by atoms with Crippen molar-refractivity contribution in [3.8, 4) is 10.6 Å². The van der Waals surface area contributed by atoms with Gasteiger partial charge in [0.15, 0.2) is 0 Å². The highest BCUT2D eigenvalue weighted by Gasteiger charge is 2.12. The number of rotatable bonds is 3. The predicted octanol–water partition coefficient (Wildman–Crippen LogP) is 5.51. The van der Waals surface area contributed by atoms with Gasteiger partial charge in [0.1, 0.15) is 16.6 Å². The molecule has 2 aromatic carbocycles. The molecule has 0 spiro atoms. The van der Waals surface area contributed by atoms with Gasteiger partial charge < -0.3 is 5.32 Å². The molecular formula is C19H11BrFN3OS. The first kappa shape index (κ1) is 16.8. The van der Waals surface area contributed by atoms with Crippen LogP contribution in [-0.2, 0) is 0 Å². The number of thiazole rings is 1. The van der Waals surface area contributed by atoms with E-state index in [1.807, 2.05) is 30.3 Å². The van der Waals surface area contributed by atoms with Gasteiger partial charge in [-0.2, -0.15) is 0 Å². The van der Waals surface area contributed by atoms with E-state index >= 15 is 0 Å². The second kappa shape index (κ2) is 6.93. The molecule has 1 amide bonds. The third-order valence-electron chi connectivity index (χ3n) is 3.72. The number of hydrogen-bond donors (Lipinski definition) is 1. The molecule has 0 aliphatic rings. The van der Waals surface area contributed by atoms with Crippen molar-refractivity contribution in [1.29, 1.82) is 0 Å². The van der Waals surface area contributed by atoms with E-state index in [-0.39, 0.29) is 5.91 Å². The summed E-state index contributed by atoms with van der Waals surface area (Å²) in [6.07, 6.45) is 1.67. The van der Waals surface area contributed by atoms with Crippen LogP contribution in [0.2, 0.25) is 0 Å². The van der Waals surface area contributed by atoms with Crippen LogP contribution < -0.4 is 5.32 Å². The minimum Gasteiger partial charge on any atom is -0.307 e. The van der Waals surface area contributed by atoms with Gasteiger partial charge in [0, 0.05) is 16.2 Å². The first-order valence-corrected chi connectivity index (χ1v) is 9.29. The van der Waals surface area contributed by atoms with Crippen molar-refractivity contribution >= 4 is 49.2 Å². The maximum absolute atomic E-state index is 13.1. The predicted molar refractivity (Wildman–Crippen MR) is 105 cm³/mol. The van der Waals surface area contributed by atoms with E-state index < -0.39 is 5.82 Å². The van der Waals surface area contributed by atoms with Crippen LogP contribution >= 0.6 is 27.3 Å². The molecule has 0 atom stereocenters. The Bertz CT molecular complexity index is 1080. The average molecular weight is 428 g/mol.